The van der Waals surface area contributed by atoms with Crippen molar-refractivity contribution in [2.75, 3.05) is 6.26 Å². The molecule has 93 valence electrons. The minimum atomic E-state index is -3.40. The number of halogens is 2. The predicted molar refractivity (Wildman–Crippen MR) is 63.7 cm³/mol. The molecule has 0 amide bonds. The lowest BCUT2D eigenvalue weighted by Gasteiger charge is -2.04. The van der Waals surface area contributed by atoms with Gasteiger partial charge in [0.25, 0.3) is 0 Å². The molecule has 2 rings (SSSR count). The minimum Gasteiger partial charge on any atom is -0.224 e. The fourth-order valence-corrected chi connectivity index (χ4v) is 2.16. The van der Waals surface area contributed by atoms with Crippen LogP contribution in [-0.2, 0) is 9.84 Å². The van der Waals surface area contributed by atoms with Gasteiger partial charge in [0.1, 0.15) is 11.6 Å². The third-order valence-electron chi connectivity index (χ3n) is 2.34. The van der Waals surface area contributed by atoms with Crippen molar-refractivity contribution in [3.63, 3.8) is 0 Å². The van der Waals surface area contributed by atoms with Gasteiger partial charge < -0.3 is 0 Å². The normalized spacial score (nSPS) is 11.5. The fourth-order valence-electron chi connectivity index (χ4n) is 1.54. The molecule has 2 nitrogen and oxygen atoms in total. The molecule has 0 aliphatic heterocycles. The highest BCUT2D eigenvalue weighted by atomic mass is 32.2. The molecule has 0 saturated heterocycles. The molecule has 0 atom stereocenters. The summed E-state index contributed by atoms with van der Waals surface area (Å²) in [4.78, 5) is -0.00957. The summed E-state index contributed by atoms with van der Waals surface area (Å²) in [6.07, 6.45) is 1.05. The lowest BCUT2D eigenvalue weighted by atomic mass is 10.1. The Balaban J connectivity index is 2.58. The van der Waals surface area contributed by atoms with Crippen LogP contribution in [0.1, 0.15) is 0 Å². The smallest absolute Gasteiger partial charge is 0.176 e. The molecule has 18 heavy (non-hydrogen) atoms. The van der Waals surface area contributed by atoms with Gasteiger partial charge in [-0.05, 0) is 29.3 Å². The van der Waals surface area contributed by atoms with Crippen LogP contribution in [0.2, 0.25) is 0 Å². The number of rotatable bonds is 2. The largest absolute Gasteiger partial charge is 0.224 e. The summed E-state index contributed by atoms with van der Waals surface area (Å²) in [5.41, 5.74) is 0.578. The maximum absolute atomic E-state index is 13.1. The molecule has 5 heteroatoms. The number of sulfone groups is 1. The van der Waals surface area contributed by atoms with Gasteiger partial charge >= 0.3 is 0 Å². The summed E-state index contributed by atoms with van der Waals surface area (Å²) in [7, 11) is -3.40. The number of hydrogen-bond acceptors (Lipinski definition) is 2. The number of benzene rings is 2. The van der Waals surface area contributed by atoms with E-state index in [0.717, 1.165) is 24.5 Å². The van der Waals surface area contributed by atoms with Crippen LogP contribution >= 0.6 is 0 Å². The molecule has 0 N–H and O–H groups in total. The van der Waals surface area contributed by atoms with E-state index in [1.165, 1.54) is 12.1 Å². The van der Waals surface area contributed by atoms with Gasteiger partial charge in [-0.25, -0.2) is 17.2 Å². The Labute approximate surface area is 104 Å². The molecule has 0 aromatic heterocycles. The van der Waals surface area contributed by atoms with E-state index in [4.69, 9.17) is 0 Å². The van der Waals surface area contributed by atoms with Gasteiger partial charge in [0, 0.05) is 18.4 Å². The van der Waals surface area contributed by atoms with E-state index in [9.17, 15) is 17.2 Å². The van der Waals surface area contributed by atoms with Gasteiger partial charge in [-0.2, -0.15) is 0 Å². The van der Waals surface area contributed by atoms with Crippen molar-refractivity contribution in [3.8, 4) is 11.1 Å². The van der Waals surface area contributed by atoms with Crippen LogP contribution in [0.3, 0.4) is 0 Å². The van der Waals surface area contributed by atoms with Crippen molar-refractivity contribution in [1.82, 2.24) is 0 Å². The summed E-state index contributed by atoms with van der Waals surface area (Å²) in [6, 6.07) is 10.1. The molecule has 0 bridgehead atoms. The van der Waals surface area contributed by atoms with E-state index in [1.54, 1.807) is 6.07 Å². The average molecular weight is 267 g/mol. The highest BCUT2D eigenvalue weighted by Gasteiger charge is 2.10. The Hall–Kier alpha value is -1.75. The van der Waals surface area contributed by atoms with Gasteiger partial charge in [0.15, 0.2) is 9.84 Å². The zero-order chi connectivity index (χ0) is 13.3. The highest BCUT2D eigenvalue weighted by Crippen LogP contribution is 2.23. The lowest BCUT2D eigenvalue weighted by molar-refractivity contribution is 0.584. The molecular formula is C13H9F2O2S. The van der Waals surface area contributed by atoms with Crippen molar-refractivity contribution >= 4 is 9.84 Å². The van der Waals surface area contributed by atoms with Crippen LogP contribution in [0.4, 0.5) is 8.78 Å². The highest BCUT2D eigenvalue weighted by molar-refractivity contribution is 7.90. The third kappa shape index (κ3) is 2.73. The Morgan fingerprint density at radius 3 is 2.22 bits per heavy atom. The Morgan fingerprint density at radius 2 is 1.67 bits per heavy atom. The van der Waals surface area contributed by atoms with Gasteiger partial charge in [-0.1, -0.05) is 12.1 Å². The molecule has 0 aliphatic rings. The zero-order valence-corrected chi connectivity index (χ0v) is 10.3. The van der Waals surface area contributed by atoms with Crippen LogP contribution in [-0.4, -0.2) is 14.7 Å². The van der Waals surface area contributed by atoms with Gasteiger partial charge in [0.2, 0.25) is 0 Å². The van der Waals surface area contributed by atoms with Crippen LogP contribution in [0.15, 0.2) is 41.3 Å². The second-order valence-corrected chi connectivity index (χ2v) is 5.84. The van der Waals surface area contributed by atoms with E-state index in [2.05, 4.69) is 6.07 Å². The zero-order valence-electron chi connectivity index (χ0n) is 9.44. The predicted octanol–water partition coefficient (Wildman–Crippen LogP) is 2.84. The molecular weight excluding hydrogens is 258 g/mol. The molecule has 0 fully saturated rings. The first-order chi connectivity index (χ1) is 8.36. The van der Waals surface area contributed by atoms with E-state index in [0.29, 0.717) is 5.56 Å². The molecule has 0 spiro atoms. The Morgan fingerprint density at radius 1 is 1.06 bits per heavy atom. The SMILES string of the molecule is CS(=O)(=O)c1[c]c(-c2cc(F)cc(F)c2)ccc1. The average Bonchev–Trinajstić information content (AvgIpc) is 2.27. The van der Waals surface area contributed by atoms with Gasteiger partial charge in [0.05, 0.1) is 4.90 Å². The van der Waals surface area contributed by atoms with Crippen LogP contribution in [0.25, 0.3) is 11.1 Å². The first kappa shape index (κ1) is 12.7. The summed E-state index contributed by atoms with van der Waals surface area (Å²) in [5, 5.41) is 0. The lowest BCUT2D eigenvalue weighted by Crippen LogP contribution is -1.97. The molecule has 0 heterocycles. The van der Waals surface area contributed by atoms with E-state index in [-0.39, 0.29) is 10.5 Å². The van der Waals surface area contributed by atoms with Crippen LogP contribution < -0.4 is 0 Å². The minimum absolute atomic E-state index is 0.00957. The third-order valence-corrected chi connectivity index (χ3v) is 3.38. The quantitative estimate of drug-likeness (QED) is 0.838. The molecule has 0 aliphatic carbocycles. The second-order valence-electron chi connectivity index (χ2n) is 3.86. The topological polar surface area (TPSA) is 34.1 Å². The van der Waals surface area contributed by atoms with Crippen molar-refractivity contribution in [3.05, 3.63) is 54.1 Å². The maximum Gasteiger partial charge on any atom is 0.176 e. The summed E-state index contributed by atoms with van der Waals surface area (Å²) in [6.45, 7) is 0. The van der Waals surface area contributed by atoms with Crippen molar-refractivity contribution in [1.29, 1.82) is 0 Å². The van der Waals surface area contributed by atoms with Gasteiger partial charge in [-0.3, -0.25) is 0 Å². The number of hydrogen-bond donors (Lipinski definition) is 0. The standard InChI is InChI=1S/C13H9F2O2S/c1-18(16,17)13-4-2-3-9(7-13)10-5-11(14)8-12(15)6-10/h2-6,8H,1H3. The van der Waals surface area contributed by atoms with Crippen molar-refractivity contribution in [2.24, 2.45) is 0 Å². The Kier molecular flexibility index (Phi) is 3.17. The summed E-state index contributed by atoms with van der Waals surface area (Å²) in [5.74, 6) is -1.44. The first-order valence-electron chi connectivity index (χ1n) is 5.05. The van der Waals surface area contributed by atoms with E-state index < -0.39 is 21.5 Å². The van der Waals surface area contributed by atoms with Crippen LogP contribution in [0.5, 0.6) is 0 Å². The molecule has 2 aromatic carbocycles. The van der Waals surface area contributed by atoms with Crippen LogP contribution in [0, 0.1) is 17.7 Å². The van der Waals surface area contributed by atoms with Gasteiger partial charge in [-0.15, -0.1) is 0 Å². The van der Waals surface area contributed by atoms with Crippen molar-refractivity contribution < 1.29 is 17.2 Å². The monoisotopic (exact) mass is 267 g/mol. The van der Waals surface area contributed by atoms with E-state index >= 15 is 0 Å². The molecule has 0 saturated carbocycles. The van der Waals surface area contributed by atoms with Crippen molar-refractivity contribution in [2.45, 2.75) is 4.90 Å². The summed E-state index contributed by atoms with van der Waals surface area (Å²) >= 11 is 0. The molecule has 1 radical (unpaired) electrons. The Bertz CT molecular complexity index is 674. The molecule has 2 aromatic rings. The second kappa shape index (κ2) is 4.49. The maximum atomic E-state index is 13.1. The fraction of sp³-hybridized carbons (Fsp3) is 0.0769. The first-order valence-corrected chi connectivity index (χ1v) is 6.94. The molecule has 0 unspecified atom stereocenters. The summed E-state index contributed by atoms with van der Waals surface area (Å²) < 4.78 is 48.9. The van der Waals surface area contributed by atoms with E-state index in [1.807, 2.05) is 0 Å².